The first-order valence-electron chi connectivity index (χ1n) is 10.4. The maximum absolute atomic E-state index is 13.3. The van der Waals surface area contributed by atoms with Crippen LogP contribution in [-0.4, -0.2) is 55.0 Å². The van der Waals surface area contributed by atoms with Crippen LogP contribution in [0.5, 0.6) is 0 Å². The molecule has 0 bridgehead atoms. The van der Waals surface area contributed by atoms with E-state index in [1.54, 1.807) is 0 Å². The Bertz CT molecular complexity index is 1100. The molecule has 4 rings (SSSR count). The molecule has 1 amide bonds. The average Bonchev–Trinajstić information content (AvgIpc) is 3.57. The molecule has 1 aliphatic carbocycles. The van der Waals surface area contributed by atoms with Gasteiger partial charge in [-0.05, 0) is 38.0 Å². The number of nitrogens with one attached hydrogen (secondary N) is 3. The number of sulfone groups is 1. The van der Waals surface area contributed by atoms with Crippen molar-refractivity contribution in [1.82, 2.24) is 9.97 Å². The highest BCUT2D eigenvalue weighted by Crippen LogP contribution is 2.36. The highest BCUT2D eigenvalue weighted by molar-refractivity contribution is 7.92. The highest BCUT2D eigenvalue weighted by atomic mass is 32.2. The van der Waals surface area contributed by atoms with E-state index in [2.05, 4.69) is 20.6 Å². The van der Waals surface area contributed by atoms with Crippen molar-refractivity contribution in [3.05, 3.63) is 29.3 Å². The number of amides is 1. The summed E-state index contributed by atoms with van der Waals surface area (Å²) in [5.41, 5.74) is 0.469. The molecule has 0 aromatic carbocycles. The molecule has 9 nitrogen and oxygen atoms in total. The van der Waals surface area contributed by atoms with E-state index in [0.29, 0.717) is 38.2 Å². The molecule has 1 saturated heterocycles. The summed E-state index contributed by atoms with van der Waals surface area (Å²) in [5.74, 6) is -0.202. The van der Waals surface area contributed by atoms with Crippen molar-refractivity contribution >= 4 is 44.1 Å². The number of pyridine rings is 1. The molecule has 1 saturated carbocycles. The zero-order valence-corrected chi connectivity index (χ0v) is 18.8. The van der Waals surface area contributed by atoms with Gasteiger partial charge < -0.3 is 20.8 Å². The number of ether oxygens (including phenoxy) is 1. The molecular formula is C20H24FN5O4S2. The fourth-order valence-electron chi connectivity index (χ4n) is 3.74. The van der Waals surface area contributed by atoms with Crippen molar-refractivity contribution < 1.29 is 22.3 Å². The predicted octanol–water partition coefficient (Wildman–Crippen LogP) is 2.85. The lowest BCUT2D eigenvalue weighted by Crippen LogP contribution is -2.38. The van der Waals surface area contributed by atoms with E-state index in [1.165, 1.54) is 12.4 Å². The number of hydrogen-bond donors (Lipinski definition) is 3. The van der Waals surface area contributed by atoms with Crippen LogP contribution in [0, 0.1) is 16.5 Å². The zero-order chi connectivity index (χ0) is 22.7. The van der Waals surface area contributed by atoms with Gasteiger partial charge >= 0.3 is 0 Å². The van der Waals surface area contributed by atoms with Crippen molar-refractivity contribution in [3.8, 4) is 0 Å². The SMILES string of the molecule is N=Cc1c(N[C@@H](CC2CCOCC2)C(=O)Nc2ncc(F)s2)cncc1S(=O)(=O)C1CC1. The molecule has 2 aromatic heterocycles. The topological polar surface area (TPSA) is 134 Å². The summed E-state index contributed by atoms with van der Waals surface area (Å²) in [7, 11) is -3.58. The monoisotopic (exact) mass is 481 g/mol. The predicted molar refractivity (Wildman–Crippen MR) is 119 cm³/mol. The second kappa shape index (κ2) is 9.59. The van der Waals surface area contributed by atoms with Gasteiger partial charge in [-0.2, -0.15) is 4.39 Å². The molecule has 2 aliphatic rings. The highest BCUT2D eigenvalue weighted by Gasteiger charge is 2.39. The van der Waals surface area contributed by atoms with Gasteiger partial charge in [-0.3, -0.25) is 9.78 Å². The molecule has 0 spiro atoms. The summed E-state index contributed by atoms with van der Waals surface area (Å²) in [4.78, 5) is 20.9. The summed E-state index contributed by atoms with van der Waals surface area (Å²) < 4.78 is 44.3. The molecule has 0 radical (unpaired) electrons. The van der Waals surface area contributed by atoms with E-state index in [0.717, 1.165) is 36.6 Å². The van der Waals surface area contributed by atoms with Crippen molar-refractivity contribution in [2.24, 2.45) is 5.92 Å². The summed E-state index contributed by atoms with van der Waals surface area (Å²) in [6, 6.07) is -0.760. The molecule has 0 unspecified atom stereocenters. The van der Waals surface area contributed by atoms with Crippen LogP contribution in [0.3, 0.4) is 0 Å². The van der Waals surface area contributed by atoms with Crippen molar-refractivity contribution in [3.63, 3.8) is 0 Å². The van der Waals surface area contributed by atoms with Gasteiger partial charge in [-0.25, -0.2) is 13.4 Å². The van der Waals surface area contributed by atoms with Crippen LogP contribution < -0.4 is 10.6 Å². The number of hydrogen-bond acceptors (Lipinski definition) is 9. The molecule has 12 heteroatoms. The van der Waals surface area contributed by atoms with Crippen molar-refractivity contribution in [2.45, 2.75) is 48.3 Å². The summed E-state index contributed by atoms with van der Waals surface area (Å²) in [5, 5.41) is 12.7. The van der Waals surface area contributed by atoms with Crippen LogP contribution in [0.4, 0.5) is 15.2 Å². The zero-order valence-electron chi connectivity index (χ0n) is 17.2. The first-order valence-corrected chi connectivity index (χ1v) is 12.7. The minimum absolute atomic E-state index is 0.00720. The number of halogens is 1. The molecule has 1 atom stereocenters. The molecule has 3 heterocycles. The number of carbonyl (C=O) groups is 1. The van der Waals surface area contributed by atoms with E-state index < -0.39 is 32.2 Å². The van der Waals surface area contributed by atoms with E-state index in [1.807, 2.05) is 0 Å². The van der Waals surface area contributed by atoms with Crippen LogP contribution in [0.2, 0.25) is 0 Å². The van der Waals surface area contributed by atoms with E-state index in [9.17, 15) is 17.6 Å². The van der Waals surface area contributed by atoms with Crippen LogP contribution >= 0.6 is 11.3 Å². The smallest absolute Gasteiger partial charge is 0.248 e. The van der Waals surface area contributed by atoms with Crippen molar-refractivity contribution in [2.75, 3.05) is 23.8 Å². The Morgan fingerprint density at radius 1 is 1.28 bits per heavy atom. The molecular weight excluding hydrogens is 457 g/mol. The Balaban J connectivity index is 1.61. The lowest BCUT2D eigenvalue weighted by atomic mass is 9.92. The number of carbonyl (C=O) groups excluding carboxylic acids is 1. The largest absolute Gasteiger partial charge is 0.381 e. The van der Waals surface area contributed by atoms with E-state index >= 15 is 0 Å². The Morgan fingerprint density at radius 2 is 2.03 bits per heavy atom. The second-order valence-electron chi connectivity index (χ2n) is 7.93. The van der Waals surface area contributed by atoms with E-state index in [-0.39, 0.29) is 21.5 Å². The average molecular weight is 482 g/mol. The molecule has 2 fully saturated rings. The minimum atomic E-state index is -3.58. The lowest BCUT2D eigenvalue weighted by Gasteiger charge is -2.27. The molecule has 172 valence electrons. The Labute approximate surface area is 189 Å². The van der Waals surface area contributed by atoms with Gasteiger partial charge in [0.1, 0.15) is 6.04 Å². The lowest BCUT2D eigenvalue weighted by molar-refractivity contribution is -0.117. The maximum Gasteiger partial charge on any atom is 0.248 e. The van der Waals surface area contributed by atoms with Crippen LogP contribution in [0.25, 0.3) is 0 Å². The number of rotatable bonds is 9. The minimum Gasteiger partial charge on any atom is -0.381 e. The fourth-order valence-corrected chi connectivity index (χ4v) is 6.09. The molecule has 3 N–H and O–H groups in total. The Hall–Kier alpha value is -2.44. The van der Waals surface area contributed by atoms with Gasteiger partial charge in [0.05, 0.1) is 28.2 Å². The Morgan fingerprint density at radius 3 is 2.66 bits per heavy atom. The van der Waals surface area contributed by atoms with Gasteiger partial charge in [0.15, 0.2) is 20.1 Å². The van der Waals surface area contributed by atoms with Crippen LogP contribution in [-0.2, 0) is 19.4 Å². The van der Waals surface area contributed by atoms with Gasteiger partial charge in [-0.15, -0.1) is 0 Å². The molecule has 2 aromatic rings. The summed E-state index contributed by atoms with van der Waals surface area (Å²) in [6.45, 7) is 1.22. The number of nitrogens with zero attached hydrogens (tertiary/aromatic N) is 2. The second-order valence-corrected chi connectivity index (χ2v) is 11.1. The third-order valence-electron chi connectivity index (χ3n) is 5.63. The first kappa shape index (κ1) is 22.7. The summed E-state index contributed by atoms with van der Waals surface area (Å²) in [6.07, 6.45) is 7.91. The Kier molecular flexibility index (Phi) is 6.82. The van der Waals surface area contributed by atoms with Crippen LogP contribution in [0.1, 0.15) is 37.7 Å². The number of thiazole rings is 1. The number of anilines is 2. The van der Waals surface area contributed by atoms with Crippen LogP contribution in [0.15, 0.2) is 23.5 Å². The first-order chi connectivity index (χ1) is 15.4. The third kappa shape index (κ3) is 5.13. The third-order valence-corrected chi connectivity index (χ3v) is 8.62. The fraction of sp³-hybridized carbons (Fsp3) is 0.500. The van der Waals surface area contributed by atoms with Crippen molar-refractivity contribution in [1.29, 1.82) is 5.41 Å². The van der Waals surface area contributed by atoms with Gasteiger partial charge in [-0.1, -0.05) is 11.3 Å². The van der Waals surface area contributed by atoms with Gasteiger partial charge in [0.2, 0.25) is 5.91 Å². The standard InChI is InChI=1S/C20H24FN5O4S2/c21-18-11-24-20(31-18)26-19(27)15(7-12-3-5-30-6-4-12)25-16-9-23-10-17(14(16)8-22)32(28,29)13-1-2-13/h8-13,15,22,25H,1-7H2,(H,24,26,27)/t15-/m0/s1. The maximum atomic E-state index is 13.3. The van der Waals surface area contributed by atoms with E-state index in [4.69, 9.17) is 10.1 Å². The molecule has 1 aliphatic heterocycles. The normalized spacial score (nSPS) is 18.2. The van der Waals surface area contributed by atoms with Gasteiger partial charge in [0, 0.05) is 31.2 Å². The molecule has 32 heavy (non-hydrogen) atoms. The van der Waals surface area contributed by atoms with Gasteiger partial charge in [0.25, 0.3) is 0 Å². The number of aromatic nitrogens is 2. The quantitative estimate of drug-likeness (QED) is 0.469. The summed E-state index contributed by atoms with van der Waals surface area (Å²) >= 11 is 0.724.